The summed E-state index contributed by atoms with van der Waals surface area (Å²) in [6.07, 6.45) is 0. The molecule has 10 aromatic carbocycles. The highest BCUT2D eigenvalue weighted by atomic mass is 16.3. The molecule has 2 nitrogen and oxygen atoms in total. The fourth-order valence-electron chi connectivity index (χ4n) is 9.46. The van der Waals surface area contributed by atoms with Crippen molar-refractivity contribution in [3.8, 4) is 44.5 Å². The number of rotatable bonds is 2. The predicted octanol–water partition coefficient (Wildman–Crippen LogP) is 15.1. The van der Waals surface area contributed by atoms with Gasteiger partial charge in [-0.1, -0.05) is 115 Å². The summed E-state index contributed by atoms with van der Waals surface area (Å²) in [5.41, 5.74) is 13.6. The van der Waals surface area contributed by atoms with Crippen molar-refractivity contribution in [3.05, 3.63) is 170 Å². The Kier molecular flexibility index (Phi) is 5.39. The second kappa shape index (κ2) is 10.2. The van der Waals surface area contributed by atoms with Gasteiger partial charge in [0.15, 0.2) is 0 Å². The molecule has 0 aliphatic heterocycles. The second-order valence-electron chi connectivity index (χ2n) is 14.8. The van der Waals surface area contributed by atoms with E-state index in [0.717, 1.165) is 43.9 Å². The molecule has 13 rings (SSSR count). The smallest absolute Gasteiger partial charge is 0.136 e. The van der Waals surface area contributed by atoms with Gasteiger partial charge >= 0.3 is 0 Å². The van der Waals surface area contributed by atoms with E-state index < -0.39 is 0 Å². The Bertz CT molecular complexity index is 3610. The first-order valence-corrected chi connectivity index (χ1v) is 18.6. The molecule has 2 heteroatoms. The molecule has 0 bridgehead atoms. The van der Waals surface area contributed by atoms with Crippen molar-refractivity contribution in [1.82, 2.24) is 0 Å². The minimum absolute atomic E-state index is 0.899. The van der Waals surface area contributed by atoms with E-state index in [1.807, 2.05) is 6.07 Å². The van der Waals surface area contributed by atoms with E-state index in [4.69, 9.17) is 8.83 Å². The monoisotopic (exact) mass is 684 g/mol. The highest BCUT2D eigenvalue weighted by Crippen LogP contribution is 2.49. The number of hydrogen-bond acceptors (Lipinski definition) is 2. The Morgan fingerprint density at radius 2 is 0.741 bits per heavy atom. The Hall–Kier alpha value is -7.16. The van der Waals surface area contributed by atoms with Crippen LogP contribution in [-0.2, 0) is 0 Å². The molecule has 12 aromatic rings. The van der Waals surface area contributed by atoms with E-state index in [2.05, 4.69) is 164 Å². The lowest BCUT2D eigenvalue weighted by atomic mass is 9.91. The Morgan fingerprint density at radius 1 is 0.241 bits per heavy atom. The molecule has 0 saturated heterocycles. The number of furan rings is 2. The van der Waals surface area contributed by atoms with Crippen molar-refractivity contribution in [2.45, 2.75) is 0 Å². The summed E-state index contributed by atoms with van der Waals surface area (Å²) in [4.78, 5) is 0. The van der Waals surface area contributed by atoms with Crippen LogP contribution in [0.3, 0.4) is 0 Å². The molecule has 0 fully saturated rings. The predicted molar refractivity (Wildman–Crippen MR) is 226 cm³/mol. The van der Waals surface area contributed by atoms with E-state index >= 15 is 0 Å². The summed E-state index contributed by atoms with van der Waals surface area (Å²) < 4.78 is 12.7. The first-order valence-electron chi connectivity index (χ1n) is 18.6. The summed E-state index contributed by atoms with van der Waals surface area (Å²) >= 11 is 0. The quantitative estimate of drug-likeness (QED) is 0.169. The number of hydrogen-bond donors (Lipinski definition) is 0. The lowest BCUT2D eigenvalue weighted by Crippen LogP contribution is -1.85. The third-order valence-electron chi connectivity index (χ3n) is 12.0. The van der Waals surface area contributed by atoms with Gasteiger partial charge in [0.05, 0.1) is 0 Å². The zero-order valence-corrected chi connectivity index (χ0v) is 29.0. The van der Waals surface area contributed by atoms with Gasteiger partial charge in [-0.3, -0.25) is 0 Å². The first-order chi connectivity index (χ1) is 26.7. The molecule has 0 atom stereocenters. The highest BCUT2D eigenvalue weighted by Gasteiger charge is 2.22. The topological polar surface area (TPSA) is 26.3 Å². The molecule has 54 heavy (non-hydrogen) atoms. The van der Waals surface area contributed by atoms with Crippen LogP contribution >= 0.6 is 0 Å². The number of para-hydroxylation sites is 1. The third kappa shape index (κ3) is 3.79. The van der Waals surface area contributed by atoms with Crippen molar-refractivity contribution >= 4 is 87.0 Å². The number of benzene rings is 10. The van der Waals surface area contributed by atoms with E-state index in [1.165, 1.54) is 87.6 Å². The minimum Gasteiger partial charge on any atom is -0.456 e. The van der Waals surface area contributed by atoms with Crippen LogP contribution in [0.15, 0.2) is 179 Å². The van der Waals surface area contributed by atoms with Gasteiger partial charge in [-0.25, -0.2) is 0 Å². The van der Waals surface area contributed by atoms with Crippen molar-refractivity contribution in [3.63, 3.8) is 0 Å². The maximum absolute atomic E-state index is 6.42. The van der Waals surface area contributed by atoms with Crippen LogP contribution in [0, 0.1) is 0 Å². The highest BCUT2D eigenvalue weighted by molar-refractivity contribution is 6.28. The maximum atomic E-state index is 6.42. The molecule has 248 valence electrons. The van der Waals surface area contributed by atoms with Gasteiger partial charge in [0.1, 0.15) is 22.3 Å². The molecule has 0 unspecified atom stereocenters. The first kappa shape index (κ1) is 28.4. The van der Waals surface area contributed by atoms with E-state index in [9.17, 15) is 0 Å². The number of fused-ring (bicyclic) bond motifs is 15. The Morgan fingerprint density at radius 3 is 1.48 bits per heavy atom. The standard InChI is InChI=1S/C52H28O2/c1-2-10-35-34(9-1)41-23-30(16-20-37(41)43-27-47-38-11-3-4-14-48(38)54-51(47)28-44(35)43)32-17-21-49-45(25-32)46-26-33(18-22-50(46)53-49)31-15-19-36-39-12-5-7-29-8-6-13-40(52(29)39)42(36)24-31/h1-28H. The van der Waals surface area contributed by atoms with Gasteiger partial charge in [0.25, 0.3) is 0 Å². The van der Waals surface area contributed by atoms with E-state index in [0.29, 0.717) is 0 Å². The van der Waals surface area contributed by atoms with Crippen LogP contribution < -0.4 is 0 Å². The lowest BCUT2D eigenvalue weighted by molar-refractivity contribution is 0.669. The van der Waals surface area contributed by atoms with Crippen LogP contribution in [0.2, 0.25) is 0 Å². The SMILES string of the molecule is c1cc2c3c(cccc3c1)-c1cc(-c3ccc4oc5ccc(-c6ccc7c(c6)c6ccccc6c6cc8oc9ccccc9c8cc76)cc5c4c3)ccc1-2. The average Bonchev–Trinajstić information content (AvgIpc) is 3.89. The zero-order valence-electron chi connectivity index (χ0n) is 29.0. The van der Waals surface area contributed by atoms with Crippen LogP contribution in [0.25, 0.3) is 131 Å². The summed E-state index contributed by atoms with van der Waals surface area (Å²) in [6.45, 7) is 0. The van der Waals surface area contributed by atoms with Crippen LogP contribution in [-0.4, -0.2) is 0 Å². The van der Waals surface area contributed by atoms with Gasteiger partial charge in [-0.05, 0) is 142 Å². The van der Waals surface area contributed by atoms with Crippen LogP contribution in [0.5, 0.6) is 0 Å². The molecule has 0 amide bonds. The summed E-state index contributed by atoms with van der Waals surface area (Å²) in [6, 6.07) is 62.0. The molecular weight excluding hydrogens is 657 g/mol. The molecule has 1 aliphatic carbocycles. The Labute approximate surface area is 309 Å². The van der Waals surface area contributed by atoms with Gasteiger partial charge in [-0.15, -0.1) is 0 Å². The fraction of sp³-hybridized carbons (Fsp3) is 0. The van der Waals surface area contributed by atoms with Gasteiger partial charge in [0, 0.05) is 21.5 Å². The maximum Gasteiger partial charge on any atom is 0.136 e. The third-order valence-corrected chi connectivity index (χ3v) is 12.0. The summed E-state index contributed by atoms with van der Waals surface area (Å²) in [5, 5.41) is 14.6. The van der Waals surface area contributed by atoms with Crippen LogP contribution in [0.1, 0.15) is 0 Å². The van der Waals surface area contributed by atoms with E-state index in [-0.39, 0.29) is 0 Å². The zero-order chi connectivity index (χ0) is 35.1. The molecule has 0 saturated carbocycles. The van der Waals surface area contributed by atoms with Gasteiger partial charge in [0.2, 0.25) is 0 Å². The molecular formula is C52H28O2. The minimum atomic E-state index is 0.899. The van der Waals surface area contributed by atoms with E-state index in [1.54, 1.807) is 0 Å². The molecule has 1 aliphatic rings. The van der Waals surface area contributed by atoms with Crippen molar-refractivity contribution < 1.29 is 8.83 Å². The van der Waals surface area contributed by atoms with Crippen molar-refractivity contribution in [1.29, 1.82) is 0 Å². The second-order valence-corrected chi connectivity index (χ2v) is 14.8. The largest absolute Gasteiger partial charge is 0.456 e. The summed E-state index contributed by atoms with van der Waals surface area (Å²) in [7, 11) is 0. The van der Waals surface area contributed by atoms with Crippen LogP contribution in [0.4, 0.5) is 0 Å². The molecule has 2 heterocycles. The van der Waals surface area contributed by atoms with Crippen molar-refractivity contribution in [2.75, 3.05) is 0 Å². The fourth-order valence-corrected chi connectivity index (χ4v) is 9.46. The summed E-state index contributed by atoms with van der Waals surface area (Å²) in [5.74, 6) is 0. The van der Waals surface area contributed by atoms with Crippen molar-refractivity contribution in [2.24, 2.45) is 0 Å². The molecule has 0 N–H and O–H groups in total. The average molecular weight is 685 g/mol. The molecule has 0 spiro atoms. The normalized spacial score (nSPS) is 12.4. The molecule has 0 radical (unpaired) electrons. The van der Waals surface area contributed by atoms with Gasteiger partial charge in [-0.2, -0.15) is 0 Å². The Balaban J connectivity index is 0.966. The van der Waals surface area contributed by atoms with Gasteiger partial charge < -0.3 is 8.83 Å². The molecule has 2 aromatic heterocycles. The lowest BCUT2D eigenvalue weighted by Gasteiger charge is -2.12.